The number of hydrogen-bond acceptors (Lipinski definition) is 6. The highest BCUT2D eigenvalue weighted by Crippen LogP contribution is 2.25. The minimum absolute atomic E-state index is 0.00177. The van der Waals surface area contributed by atoms with Gasteiger partial charge < -0.3 is 15.0 Å². The molecule has 2 N–H and O–H groups in total. The third-order valence-electron chi connectivity index (χ3n) is 2.82. The van der Waals surface area contributed by atoms with Crippen molar-refractivity contribution in [2.24, 2.45) is 5.73 Å². The molecule has 6 heteroatoms. The summed E-state index contributed by atoms with van der Waals surface area (Å²) in [5, 5.41) is 3.94. The minimum Gasteiger partial charge on any atom is -0.379 e. The zero-order chi connectivity index (χ0) is 11.7. The average Bonchev–Trinajstić information content (AvgIpc) is 2.98. The fraction of sp³-hybridized carbons (Fsp3) is 0.364. The van der Waals surface area contributed by atoms with E-state index in [-0.39, 0.29) is 12.0 Å². The molecule has 0 aliphatic carbocycles. The van der Waals surface area contributed by atoms with Gasteiger partial charge in [0.1, 0.15) is 0 Å². The highest BCUT2D eigenvalue weighted by atomic mass is 16.5. The zero-order valence-corrected chi connectivity index (χ0v) is 9.11. The van der Waals surface area contributed by atoms with Crippen LogP contribution < -0.4 is 5.73 Å². The van der Waals surface area contributed by atoms with Crippen LogP contribution in [-0.4, -0.2) is 34.4 Å². The Balaban J connectivity index is 1.88. The third kappa shape index (κ3) is 1.92. The molecule has 1 aliphatic rings. The van der Waals surface area contributed by atoms with E-state index in [2.05, 4.69) is 15.1 Å². The molecule has 1 fully saturated rings. The Hall–Kier alpha value is -1.79. The molecule has 0 bridgehead atoms. The first-order valence-corrected chi connectivity index (χ1v) is 5.42. The molecule has 0 radical (unpaired) electrons. The zero-order valence-electron chi connectivity index (χ0n) is 9.11. The number of rotatable bonds is 2. The van der Waals surface area contributed by atoms with Crippen molar-refractivity contribution in [2.75, 3.05) is 13.2 Å². The summed E-state index contributed by atoms with van der Waals surface area (Å²) >= 11 is 0. The number of nitrogens with two attached hydrogens (primary N) is 1. The predicted octanol–water partition coefficient (Wildman–Crippen LogP) is 0.573. The first kappa shape index (κ1) is 10.4. The van der Waals surface area contributed by atoms with Crippen LogP contribution in [0.4, 0.5) is 0 Å². The number of ether oxygens (including phenoxy) is 1. The Kier molecular flexibility index (Phi) is 2.58. The van der Waals surface area contributed by atoms with E-state index in [1.165, 1.54) is 0 Å². The van der Waals surface area contributed by atoms with Crippen molar-refractivity contribution in [3.63, 3.8) is 0 Å². The van der Waals surface area contributed by atoms with Crippen LogP contribution in [0, 0.1) is 0 Å². The Morgan fingerprint density at radius 1 is 1.24 bits per heavy atom. The van der Waals surface area contributed by atoms with Crippen molar-refractivity contribution >= 4 is 0 Å². The summed E-state index contributed by atoms with van der Waals surface area (Å²) in [6, 6.07) is 3.60. The summed E-state index contributed by atoms with van der Waals surface area (Å²) in [5.74, 6) is 1.10. The molecule has 6 nitrogen and oxygen atoms in total. The van der Waals surface area contributed by atoms with Crippen molar-refractivity contribution < 1.29 is 9.26 Å². The number of nitrogens with zero attached hydrogens (tertiary/aromatic N) is 3. The van der Waals surface area contributed by atoms with Crippen LogP contribution in [0.3, 0.4) is 0 Å². The third-order valence-corrected chi connectivity index (χ3v) is 2.82. The summed E-state index contributed by atoms with van der Waals surface area (Å²) in [6.07, 6.45) is 3.38. The molecule has 0 amide bonds. The molecular weight excluding hydrogens is 220 g/mol. The van der Waals surface area contributed by atoms with Crippen molar-refractivity contribution in [1.29, 1.82) is 0 Å². The second-order valence-corrected chi connectivity index (χ2v) is 4.00. The topological polar surface area (TPSA) is 87.1 Å². The van der Waals surface area contributed by atoms with Gasteiger partial charge in [-0.05, 0) is 12.1 Å². The van der Waals surface area contributed by atoms with E-state index >= 15 is 0 Å². The lowest BCUT2D eigenvalue weighted by Crippen LogP contribution is -2.26. The second kappa shape index (κ2) is 4.23. The normalized spacial score (nSPS) is 24.1. The summed E-state index contributed by atoms with van der Waals surface area (Å²) < 4.78 is 10.5. The molecule has 2 atom stereocenters. The number of aromatic nitrogens is 3. The van der Waals surface area contributed by atoms with E-state index in [9.17, 15) is 0 Å². The highest BCUT2D eigenvalue weighted by Gasteiger charge is 2.31. The molecule has 88 valence electrons. The van der Waals surface area contributed by atoms with Crippen LogP contribution in [0.5, 0.6) is 0 Å². The molecule has 17 heavy (non-hydrogen) atoms. The van der Waals surface area contributed by atoms with Crippen LogP contribution in [0.2, 0.25) is 0 Å². The first-order chi connectivity index (χ1) is 8.34. The van der Waals surface area contributed by atoms with Gasteiger partial charge in [0.2, 0.25) is 11.7 Å². The Morgan fingerprint density at radius 3 is 2.76 bits per heavy atom. The minimum atomic E-state index is -0.0688. The maximum atomic E-state index is 5.90. The van der Waals surface area contributed by atoms with Gasteiger partial charge in [-0.3, -0.25) is 4.98 Å². The maximum absolute atomic E-state index is 5.90. The smallest absolute Gasteiger partial charge is 0.234 e. The second-order valence-electron chi connectivity index (χ2n) is 4.00. The van der Waals surface area contributed by atoms with Crippen LogP contribution in [0.1, 0.15) is 11.8 Å². The molecule has 0 saturated carbocycles. The molecule has 2 unspecified atom stereocenters. The van der Waals surface area contributed by atoms with Crippen molar-refractivity contribution in [3.05, 3.63) is 30.4 Å². The van der Waals surface area contributed by atoms with Gasteiger partial charge in [-0.1, -0.05) is 5.16 Å². The van der Waals surface area contributed by atoms with Gasteiger partial charge in [0, 0.05) is 24.0 Å². The molecule has 1 aliphatic heterocycles. The van der Waals surface area contributed by atoms with Gasteiger partial charge in [0.25, 0.3) is 0 Å². The molecule has 3 heterocycles. The molecule has 2 aromatic rings. The summed E-state index contributed by atoms with van der Waals surface area (Å²) in [6.45, 7) is 1.08. The van der Waals surface area contributed by atoms with Crippen LogP contribution >= 0.6 is 0 Å². The Labute approximate surface area is 97.8 Å². The van der Waals surface area contributed by atoms with E-state index in [0.29, 0.717) is 24.9 Å². The molecule has 3 rings (SSSR count). The number of pyridine rings is 1. The van der Waals surface area contributed by atoms with Crippen molar-refractivity contribution in [2.45, 2.75) is 12.0 Å². The van der Waals surface area contributed by atoms with Gasteiger partial charge in [-0.15, -0.1) is 0 Å². The largest absolute Gasteiger partial charge is 0.379 e. The van der Waals surface area contributed by atoms with Crippen LogP contribution in [0.15, 0.2) is 29.0 Å². The SMILES string of the molecule is NC1COCC1c1nc(-c2ccncc2)no1. The number of hydrogen-bond donors (Lipinski definition) is 1. The van der Waals surface area contributed by atoms with E-state index in [0.717, 1.165) is 5.56 Å². The molecule has 0 aromatic carbocycles. The Bertz CT molecular complexity index is 499. The quantitative estimate of drug-likeness (QED) is 0.814. The van der Waals surface area contributed by atoms with Gasteiger partial charge in [-0.25, -0.2) is 0 Å². The van der Waals surface area contributed by atoms with Gasteiger partial charge in [0.15, 0.2) is 0 Å². The van der Waals surface area contributed by atoms with E-state index < -0.39 is 0 Å². The molecular formula is C11H12N4O2. The van der Waals surface area contributed by atoms with Crippen molar-refractivity contribution in [3.8, 4) is 11.4 Å². The fourth-order valence-corrected chi connectivity index (χ4v) is 1.83. The van der Waals surface area contributed by atoms with Crippen LogP contribution in [0.25, 0.3) is 11.4 Å². The first-order valence-electron chi connectivity index (χ1n) is 5.42. The average molecular weight is 232 g/mol. The lowest BCUT2D eigenvalue weighted by molar-refractivity contribution is 0.187. The van der Waals surface area contributed by atoms with E-state index in [1.54, 1.807) is 12.4 Å². The van der Waals surface area contributed by atoms with Crippen molar-refractivity contribution in [1.82, 2.24) is 15.1 Å². The monoisotopic (exact) mass is 232 g/mol. The lowest BCUT2D eigenvalue weighted by Gasteiger charge is -2.06. The maximum Gasteiger partial charge on any atom is 0.234 e. The van der Waals surface area contributed by atoms with E-state index in [4.69, 9.17) is 15.0 Å². The lowest BCUT2D eigenvalue weighted by atomic mass is 10.1. The summed E-state index contributed by atoms with van der Waals surface area (Å²) in [4.78, 5) is 8.29. The van der Waals surface area contributed by atoms with Crippen LogP contribution in [-0.2, 0) is 4.74 Å². The van der Waals surface area contributed by atoms with Gasteiger partial charge in [0.05, 0.1) is 19.1 Å². The predicted molar refractivity (Wildman–Crippen MR) is 59.1 cm³/mol. The fourth-order valence-electron chi connectivity index (χ4n) is 1.83. The van der Waals surface area contributed by atoms with Gasteiger partial charge in [-0.2, -0.15) is 4.98 Å². The van der Waals surface area contributed by atoms with Gasteiger partial charge >= 0.3 is 0 Å². The Morgan fingerprint density at radius 2 is 2.06 bits per heavy atom. The molecule has 1 saturated heterocycles. The summed E-state index contributed by atoms with van der Waals surface area (Å²) in [5.41, 5.74) is 6.77. The standard InChI is InChI=1S/C11H12N4O2/c12-9-6-16-5-8(9)11-14-10(15-17-11)7-1-3-13-4-2-7/h1-4,8-9H,5-6,12H2. The molecule has 2 aromatic heterocycles. The highest BCUT2D eigenvalue weighted by molar-refractivity contribution is 5.52. The van der Waals surface area contributed by atoms with E-state index in [1.807, 2.05) is 12.1 Å². The molecule has 0 spiro atoms. The summed E-state index contributed by atoms with van der Waals surface area (Å²) in [7, 11) is 0.